The number of carbonyl (C=O) groups is 1. The monoisotopic (exact) mass is 358 g/mol. The van der Waals surface area contributed by atoms with Crippen LogP contribution in [0, 0.1) is 5.82 Å². The Morgan fingerprint density at radius 1 is 1.30 bits per heavy atom. The largest absolute Gasteiger partial charge is 0.495 e. The highest BCUT2D eigenvalue weighted by Gasteiger charge is 2.20. The lowest BCUT2D eigenvalue weighted by Gasteiger charge is -2.12. The van der Waals surface area contributed by atoms with Crippen LogP contribution in [0.4, 0.5) is 20.0 Å². The Bertz CT molecular complexity index is 730. The van der Waals surface area contributed by atoms with Crippen LogP contribution in [0.3, 0.4) is 0 Å². The molecule has 0 aliphatic rings. The highest BCUT2D eigenvalue weighted by atomic mass is 35.5. The fraction of sp³-hybridized carbons (Fsp3) is 0.357. The number of hydrogen-bond donors (Lipinski definition) is 2. The van der Waals surface area contributed by atoms with Gasteiger partial charge in [0.2, 0.25) is 5.13 Å². The summed E-state index contributed by atoms with van der Waals surface area (Å²) in [6.07, 6.45) is 0. The van der Waals surface area contributed by atoms with Crippen molar-refractivity contribution in [2.45, 2.75) is 26.2 Å². The number of benzene rings is 1. The summed E-state index contributed by atoms with van der Waals surface area (Å²) >= 11 is 7.06. The minimum absolute atomic E-state index is 0.0516. The summed E-state index contributed by atoms with van der Waals surface area (Å²) in [7, 11) is 1.40. The standard InChI is InChI=1S/C14H16ClFN4O2S/c1-14(2,3)11-19-20-13(23-11)18-12(21)17-9-6-10(22-4)7(15)5-8(9)16/h5-6H,1-4H3,(H2,17,18,20,21). The number of nitrogens with zero attached hydrogens (tertiary/aromatic N) is 2. The molecule has 0 bridgehead atoms. The second-order valence-corrected chi connectivity index (χ2v) is 7.09. The summed E-state index contributed by atoms with van der Waals surface area (Å²) < 4.78 is 18.8. The maximum Gasteiger partial charge on any atom is 0.325 e. The maximum absolute atomic E-state index is 13.8. The number of ether oxygens (including phenoxy) is 1. The minimum Gasteiger partial charge on any atom is -0.495 e. The Hall–Kier alpha value is -1.93. The summed E-state index contributed by atoms with van der Waals surface area (Å²) in [6, 6.07) is 1.74. The Balaban J connectivity index is 2.09. The third kappa shape index (κ3) is 4.29. The molecule has 9 heteroatoms. The van der Waals surface area contributed by atoms with Gasteiger partial charge in [-0.3, -0.25) is 5.32 Å². The fourth-order valence-electron chi connectivity index (χ4n) is 1.61. The molecule has 2 N–H and O–H groups in total. The molecule has 124 valence electrons. The van der Waals surface area contributed by atoms with Gasteiger partial charge in [-0.1, -0.05) is 43.7 Å². The lowest BCUT2D eigenvalue weighted by atomic mass is 9.98. The third-order valence-electron chi connectivity index (χ3n) is 2.78. The smallest absolute Gasteiger partial charge is 0.325 e. The summed E-state index contributed by atoms with van der Waals surface area (Å²) in [5, 5.41) is 14.0. The number of aromatic nitrogens is 2. The van der Waals surface area contributed by atoms with E-state index in [0.29, 0.717) is 5.13 Å². The third-order valence-corrected chi connectivity index (χ3v) is 4.34. The molecule has 1 aromatic carbocycles. The van der Waals surface area contributed by atoms with Crippen LogP contribution in [0.5, 0.6) is 5.75 Å². The van der Waals surface area contributed by atoms with Crippen molar-refractivity contribution in [3.63, 3.8) is 0 Å². The van der Waals surface area contributed by atoms with E-state index in [1.165, 1.54) is 24.5 Å². The van der Waals surface area contributed by atoms with Gasteiger partial charge in [-0.2, -0.15) is 0 Å². The Kier molecular flexibility index (Phi) is 5.06. The van der Waals surface area contributed by atoms with E-state index >= 15 is 0 Å². The Morgan fingerprint density at radius 2 is 2.00 bits per heavy atom. The first-order valence-corrected chi connectivity index (χ1v) is 7.85. The van der Waals surface area contributed by atoms with E-state index in [4.69, 9.17) is 16.3 Å². The molecule has 6 nitrogen and oxygen atoms in total. The summed E-state index contributed by atoms with van der Waals surface area (Å²) in [4.78, 5) is 12.0. The molecule has 0 atom stereocenters. The van der Waals surface area contributed by atoms with E-state index in [-0.39, 0.29) is 21.9 Å². The van der Waals surface area contributed by atoms with Crippen molar-refractivity contribution < 1.29 is 13.9 Å². The van der Waals surface area contributed by atoms with Gasteiger partial charge in [-0.15, -0.1) is 10.2 Å². The van der Waals surface area contributed by atoms with E-state index < -0.39 is 11.8 Å². The molecule has 0 fully saturated rings. The van der Waals surface area contributed by atoms with Gasteiger partial charge < -0.3 is 10.1 Å². The number of rotatable bonds is 3. The first kappa shape index (κ1) is 17.4. The molecule has 0 aliphatic heterocycles. The van der Waals surface area contributed by atoms with E-state index in [1.807, 2.05) is 20.8 Å². The van der Waals surface area contributed by atoms with E-state index in [9.17, 15) is 9.18 Å². The molecule has 23 heavy (non-hydrogen) atoms. The summed E-state index contributed by atoms with van der Waals surface area (Å²) in [5.41, 5.74) is -0.215. The zero-order valence-corrected chi connectivity index (χ0v) is 14.6. The second-order valence-electron chi connectivity index (χ2n) is 5.71. The molecule has 0 saturated carbocycles. The number of amides is 2. The summed E-state index contributed by atoms with van der Waals surface area (Å²) in [6.45, 7) is 5.98. The first-order valence-electron chi connectivity index (χ1n) is 6.65. The molecule has 0 unspecified atom stereocenters. The number of nitrogens with one attached hydrogen (secondary N) is 2. The van der Waals surface area contributed by atoms with Gasteiger partial charge in [-0.05, 0) is 6.07 Å². The average molecular weight is 359 g/mol. The molecule has 2 amide bonds. The van der Waals surface area contributed by atoms with Crippen LogP contribution in [-0.4, -0.2) is 23.3 Å². The molecule has 0 radical (unpaired) electrons. The highest BCUT2D eigenvalue weighted by Crippen LogP contribution is 2.31. The lowest BCUT2D eigenvalue weighted by Crippen LogP contribution is -2.20. The zero-order chi connectivity index (χ0) is 17.2. The topological polar surface area (TPSA) is 76.1 Å². The number of carbonyl (C=O) groups excluding carboxylic acids is 1. The predicted molar refractivity (Wildman–Crippen MR) is 89.2 cm³/mol. The van der Waals surface area contributed by atoms with Gasteiger partial charge in [0, 0.05) is 11.5 Å². The van der Waals surface area contributed by atoms with Gasteiger partial charge in [-0.25, -0.2) is 9.18 Å². The normalized spacial score (nSPS) is 11.2. The van der Waals surface area contributed by atoms with E-state index in [1.54, 1.807) is 0 Å². The molecule has 0 aliphatic carbocycles. The minimum atomic E-state index is -0.668. The van der Waals surface area contributed by atoms with Crippen LogP contribution < -0.4 is 15.4 Å². The molecular weight excluding hydrogens is 343 g/mol. The highest BCUT2D eigenvalue weighted by molar-refractivity contribution is 7.15. The van der Waals surface area contributed by atoms with Crippen LogP contribution in [0.1, 0.15) is 25.8 Å². The summed E-state index contributed by atoms with van der Waals surface area (Å²) in [5.74, 6) is -0.409. The molecule has 1 heterocycles. The van der Waals surface area contributed by atoms with E-state index in [0.717, 1.165) is 11.1 Å². The van der Waals surface area contributed by atoms with Crippen molar-refractivity contribution >= 4 is 39.8 Å². The van der Waals surface area contributed by atoms with E-state index in [2.05, 4.69) is 20.8 Å². The van der Waals surface area contributed by atoms with Crippen molar-refractivity contribution in [2.24, 2.45) is 0 Å². The number of halogens is 2. The van der Waals surface area contributed by atoms with Gasteiger partial charge in [0.05, 0.1) is 17.8 Å². The van der Waals surface area contributed by atoms with Crippen molar-refractivity contribution in [1.29, 1.82) is 0 Å². The molecule has 1 aromatic heterocycles. The number of hydrogen-bond acceptors (Lipinski definition) is 5. The van der Waals surface area contributed by atoms with Crippen LogP contribution in [0.2, 0.25) is 5.02 Å². The molecule has 2 aromatic rings. The Labute approximate surface area is 142 Å². The SMILES string of the molecule is COc1cc(NC(=O)Nc2nnc(C(C)(C)C)s2)c(F)cc1Cl. The fourth-order valence-corrected chi connectivity index (χ4v) is 2.63. The van der Waals surface area contributed by atoms with Gasteiger partial charge in [0.25, 0.3) is 0 Å². The van der Waals surface area contributed by atoms with Crippen molar-refractivity contribution in [2.75, 3.05) is 17.7 Å². The van der Waals surface area contributed by atoms with Gasteiger partial charge in [0.15, 0.2) is 0 Å². The van der Waals surface area contributed by atoms with Crippen molar-refractivity contribution in [1.82, 2.24) is 10.2 Å². The maximum atomic E-state index is 13.8. The van der Waals surface area contributed by atoms with Gasteiger partial charge >= 0.3 is 6.03 Å². The second kappa shape index (κ2) is 6.67. The van der Waals surface area contributed by atoms with Crippen molar-refractivity contribution in [3.8, 4) is 5.75 Å². The van der Waals surface area contributed by atoms with Crippen molar-refractivity contribution in [3.05, 3.63) is 28.0 Å². The molecule has 0 saturated heterocycles. The predicted octanol–water partition coefficient (Wildman–Crippen LogP) is 4.28. The number of methoxy groups -OCH3 is 1. The van der Waals surface area contributed by atoms with Crippen LogP contribution in [-0.2, 0) is 5.41 Å². The Morgan fingerprint density at radius 3 is 2.57 bits per heavy atom. The molecule has 0 spiro atoms. The number of urea groups is 1. The first-order chi connectivity index (χ1) is 10.7. The number of anilines is 2. The molecular formula is C14H16ClFN4O2S. The van der Waals surface area contributed by atoms with Crippen LogP contribution >= 0.6 is 22.9 Å². The quantitative estimate of drug-likeness (QED) is 0.858. The van der Waals surface area contributed by atoms with Crippen LogP contribution in [0.15, 0.2) is 12.1 Å². The van der Waals surface area contributed by atoms with Crippen LogP contribution in [0.25, 0.3) is 0 Å². The average Bonchev–Trinajstić information content (AvgIpc) is 2.90. The zero-order valence-electron chi connectivity index (χ0n) is 13.0. The molecule has 2 rings (SSSR count). The van der Waals surface area contributed by atoms with Gasteiger partial charge in [0.1, 0.15) is 16.6 Å². The lowest BCUT2D eigenvalue weighted by molar-refractivity contribution is 0.262.